The maximum atomic E-state index is 5.70. The third-order valence-corrected chi connectivity index (χ3v) is 4.48. The zero-order chi connectivity index (χ0) is 13.1. The van der Waals surface area contributed by atoms with Gasteiger partial charge >= 0.3 is 0 Å². The van der Waals surface area contributed by atoms with Gasteiger partial charge in [0.1, 0.15) is 0 Å². The summed E-state index contributed by atoms with van der Waals surface area (Å²) in [5, 5.41) is 3.72. The summed E-state index contributed by atoms with van der Waals surface area (Å²) in [4.78, 5) is 2.59. The van der Waals surface area contributed by atoms with Crippen molar-refractivity contribution in [2.45, 2.75) is 38.5 Å². The second-order valence-electron chi connectivity index (χ2n) is 5.60. The number of benzene rings is 1. The first kappa shape index (κ1) is 13.1. The van der Waals surface area contributed by atoms with Crippen LogP contribution in [0.4, 0.5) is 0 Å². The van der Waals surface area contributed by atoms with Gasteiger partial charge in [0.25, 0.3) is 0 Å². The van der Waals surface area contributed by atoms with Gasteiger partial charge in [-0.05, 0) is 37.1 Å². The van der Waals surface area contributed by atoms with Crippen LogP contribution in [-0.4, -0.2) is 37.2 Å². The number of rotatable bonds is 4. The fourth-order valence-electron chi connectivity index (χ4n) is 3.37. The molecule has 0 bridgehead atoms. The van der Waals surface area contributed by atoms with Crippen LogP contribution < -0.4 is 5.32 Å². The molecule has 0 saturated carbocycles. The van der Waals surface area contributed by atoms with Crippen molar-refractivity contribution in [1.29, 1.82) is 0 Å². The number of likely N-dealkylation sites (N-methyl/N-ethyl adjacent to an activating group) is 1. The Labute approximate surface area is 115 Å². The molecule has 2 aliphatic heterocycles. The lowest BCUT2D eigenvalue weighted by atomic mass is 9.99. The number of nitrogens with one attached hydrogen (secondary N) is 1. The molecule has 1 aromatic carbocycles. The predicted octanol–water partition coefficient (Wildman–Crippen LogP) is 2.33. The minimum absolute atomic E-state index is 0.365. The lowest BCUT2D eigenvalue weighted by molar-refractivity contribution is 0.0798. The van der Waals surface area contributed by atoms with E-state index in [2.05, 4.69) is 41.4 Å². The Morgan fingerprint density at radius 3 is 3.16 bits per heavy atom. The Hall–Kier alpha value is -0.900. The maximum absolute atomic E-state index is 5.70. The molecule has 3 rings (SSSR count). The highest BCUT2D eigenvalue weighted by Crippen LogP contribution is 2.25. The summed E-state index contributed by atoms with van der Waals surface area (Å²) in [6.45, 7) is 7.34. The van der Waals surface area contributed by atoms with Crippen LogP contribution in [0.5, 0.6) is 0 Å². The third kappa shape index (κ3) is 2.83. The van der Waals surface area contributed by atoms with Crippen molar-refractivity contribution in [1.82, 2.24) is 10.2 Å². The highest BCUT2D eigenvalue weighted by molar-refractivity contribution is 5.31. The van der Waals surface area contributed by atoms with Crippen molar-refractivity contribution in [2.24, 2.45) is 0 Å². The summed E-state index contributed by atoms with van der Waals surface area (Å²) in [7, 11) is 0. The standard InChI is InChI=1S/C16H24N2O/c1-2-18-9-5-7-14(18)10-17-16-12-19-11-13-6-3-4-8-15(13)16/h3-4,6,8,14,16-17H,2,5,7,9-12H2,1H3. The summed E-state index contributed by atoms with van der Waals surface area (Å²) in [5.74, 6) is 0. The van der Waals surface area contributed by atoms with Gasteiger partial charge in [-0.15, -0.1) is 0 Å². The van der Waals surface area contributed by atoms with Crippen molar-refractivity contribution >= 4 is 0 Å². The second kappa shape index (κ2) is 6.04. The van der Waals surface area contributed by atoms with Crippen molar-refractivity contribution < 1.29 is 4.74 Å². The van der Waals surface area contributed by atoms with Gasteiger partial charge in [-0.25, -0.2) is 0 Å². The van der Waals surface area contributed by atoms with Crippen LogP contribution in [0.1, 0.15) is 36.9 Å². The molecule has 2 aliphatic rings. The Morgan fingerprint density at radius 1 is 1.37 bits per heavy atom. The van der Waals surface area contributed by atoms with Crippen molar-refractivity contribution in [3.05, 3.63) is 35.4 Å². The molecule has 104 valence electrons. The first-order valence-electron chi connectivity index (χ1n) is 7.51. The molecular formula is C16H24N2O. The molecule has 0 aliphatic carbocycles. The number of hydrogen-bond donors (Lipinski definition) is 1. The zero-order valence-corrected chi connectivity index (χ0v) is 11.8. The first-order chi connectivity index (χ1) is 9.38. The SMILES string of the molecule is CCN1CCCC1CNC1COCc2ccccc21. The quantitative estimate of drug-likeness (QED) is 0.899. The summed E-state index contributed by atoms with van der Waals surface area (Å²) in [5.41, 5.74) is 2.76. The third-order valence-electron chi connectivity index (χ3n) is 4.48. The van der Waals surface area contributed by atoms with E-state index in [1.807, 2.05) is 0 Å². The Kier molecular flexibility index (Phi) is 4.16. The molecule has 1 saturated heterocycles. The summed E-state index contributed by atoms with van der Waals surface area (Å²) in [6.07, 6.45) is 2.67. The number of ether oxygens (including phenoxy) is 1. The highest BCUT2D eigenvalue weighted by Gasteiger charge is 2.25. The minimum Gasteiger partial charge on any atom is -0.375 e. The average molecular weight is 260 g/mol. The van der Waals surface area contributed by atoms with Gasteiger partial charge in [0.05, 0.1) is 19.3 Å². The summed E-state index contributed by atoms with van der Waals surface area (Å²) in [6, 6.07) is 9.72. The number of nitrogens with zero attached hydrogens (tertiary/aromatic N) is 1. The van der Waals surface area contributed by atoms with Crippen LogP contribution in [-0.2, 0) is 11.3 Å². The second-order valence-corrected chi connectivity index (χ2v) is 5.60. The van der Waals surface area contributed by atoms with Crippen molar-refractivity contribution in [2.75, 3.05) is 26.2 Å². The van der Waals surface area contributed by atoms with Crippen LogP contribution in [0.2, 0.25) is 0 Å². The van der Waals surface area contributed by atoms with Crippen LogP contribution >= 0.6 is 0 Å². The molecule has 2 heterocycles. The minimum atomic E-state index is 0.365. The van der Waals surface area contributed by atoms with E-state index in [9.17, 15) is 0 Å². The van der Waals surface area contributed by atoms with Crippen LogP contribution in [0, 0.1) is 0 Å². The molecule has 1 aromatic rings. The van der Waals surface area contributed by atoms with E-state index in [1.54, 1.807) is 0 Å². The van der Waals surface area contributed by atoms with Crippen LogP contribution in [0.15, 0.2) is 24.3 Å². The van der Waals surface area contributed by atoms with E-state index < -0.39 is 0 Å². The monoisotopic (exact) mass is 260 g/mol. The largest absolute Gasteiger partial charge is 0.375 e. The fraction of sp³-hybridized carbons (Fsp3) is 0.625. The van der Waals surface area contributed by atoms with E-state index in [-0.39, 0.29) is 0 Å². The van der Waals surface area contributed by atoms with E-state index in [4.69, 9.17) is 4.74 Å². The zero-order valence-electron chi connectivity index (χ0n) is 11.8. The maximum Gasteiger partial charge on any atom is 0.0721 e. The van der Waals surface area contributed by atoms with E-state index in [1.165, 1.54) is 37.1 Å². The summed E-state index contributed by atoms with van der Waals surface area (Å²) < 4.78 is 5.70. The fourth-order valence-corrected chi connectivity index (χ4v) is 3.37. The molecule has 0 spiro atoms. The molecule has 0 radical (unpaired) electrons. The highest BCUT2D eigenvalue weighted by atomic mass is 16.5. The lowest BCUT2D eigenvalue weighted by Crippen LogP contribution is -2.41. The molecule has 1 fully saturated rings. The van der Waals surface area contributed by atoms with Crippen molar-refractivity contribution in [3.63, 3.8) is 0 Å². The smallest absolute Gasteiger partial charge is 0.0721 e. The van der Waals surface area contributed by atoms with Crippen LogP contribution in [0.25, 0.3) is 0 Å². The number of fused-ring (bicyclic) bond motifs is 1. The van der Waals surface area contributed by atoms with E-state index >= 15 is 0 Å². The molecule has 2 unspecified atom stereocenters. The van der Waals surface area contributed by atoms with Gasteiger partial charge in [0, 0.05) is 12.6 Å². The topological polar surface area (TPSA) is 24.5 Å². The molecule has 0 amide bonds. The lowest BCUT2D eigenvalue weighted by Gasteiger charge is -2.30. The molecule has 3 heteroatoms. The Balaban J connectivity index is 1.62. The normalized spacial score (nSPS) is 27.4. The molecular weight excluding hydrogens is 236 g/mol. The molecule has 19 heavy (non-hydrogen) atoms. The molecule has 2 atom stereocenters. The number of likely N-dealkylation sites (tertiary alicyclic amines) is 1. The van der Waals surface area contributed by atoms with Gasteiger partial charge in [0.2, 0.25) is 0 Å². The van der Waals surface area contributed by atoms with Gasteiger partial charge in [-0.1, -0.05) is 31.2 Å². The van der Waals surface area contributed by atoms with Gasteiger partial charge < -0.3 is 10.1 Å². The van der Waals surface area contributed by atoms with E-state index in [0.29, 0.717) is 12.1 Å². The number of hydrogen-bond acceptors (Lipinski definition) is 3. The molecule has 3 nitrogen and oxygen atoms in total. The Bertz CT molecular complexity index is 421. The predicted molar refractivity (Wildman–Crippen MR) is 77.1 cm³/mol. The molecule has 1 N–H and O–H groups in total. The van der Waals surface area contributed by atoms with Crippen molar-refractivity contribution in [3.8, 4) is 0 Å². The van der Waals surface area contributed by atoms with Gasteiger partial charge in [-0.3, -0.25) is 4.90 Å². The summed E-state index contributed by atoms with van der Waals surface area (Å²) >= 11 is 0. The molecule has 0 aromatic heterocycles. The van der Waals surface area contributed by atoms with Gasteiger partial charge in [0.15, 0.2) is 0 Å². The average Bonchev–Trinajstić information content (AvgIpc) is 2.92. The van der Waals surface area contributed by atoms with Gasteiger partial charge in [-0.2, -0.15) is 0 Å². The Morgan fingerprint density at radius 2 is 2.26 bits per heavy atom. The van der Waals surface area contributed by atoms with E-state index in [0.717, 1.165) is 19.8 Å². The van der Waals surface area contributed by atoms with Crippen LogP contribution in [0.3, 0.4) is 0 Å². The first-order valence-corrected chi connectivity index (χ1v) is 7.51.